The van der Waals surface area contributed by atoms with Crippen molar-refractivity contribution >= 4 is 11.6 Å². The van der Waals surface area contributed by atoms with Gasteiger partial charge in [0.25, 0.3) is 0 Å². The van der Waals surface area contributed by atoms with Crippen molar-refractivity contribution in [2.24, 2.45) is 0 Å². The van der Waals surface area contributed by atoms with E-state index in [9.17, 15) is 0 Å². The standard InChI is InChI=1S/C20H20ClN5O/c21-19-12-24-13-20(25-19)27-18-3-6-26(7-4-18)14-15-8-17(11-23-9-15)16-2-1-5-22-10-16/h1-2,5,8-13,18H,3-4,6-7,14H2. The van der Waals surface area contributed by atoms with Gasteiger partial charge in [-0.15, -0.1) is 0 Å². The smallest absolute Gasteiger partial charge is 0.234 e. The third-order valence-electron chi connectivity index (χ3n) is 4.60. The van der Waals surface area contributed by atoms with Gasteiger partial charge >= 0.3 is 0 Å². The van der Waals surface area contributed by atoms with E-state index in [4.69, 9.17) is 16.3 Å². The first-order chi connectivity index (χ1) is 13.3. The Bertz CT molecular complexity index is 884. The summed E-state index contributed by atoms with van der Waals surface area (Å²) >= 11 is 5.86. The molecule has 1 aliphatic rings. The summed E-state index contributed by atoms with van der Waals surface area (Å²) in [6.45, 7) is 2.82. The van der Waals surface area contributed by atoms with Crippen LogP contribution in [0.4, 0.5) is 0 Å². The number of pyridine rings is 2. The van der Waals surface area contributed by atoms with Crippen LogP contribution in [0.15, 0.2) is 55.4 Å². The Hall–Kier alpha value is -2.57. The molecule has 0 radical (unpaired) electrons. The molecule has 0 atom stereocenters. The average molecular weight is 382 g/mol. The van der Waals surface area contributed by atoms with Gasteiger partial charge in [0.1, 0.15) is 6.10 Å². The molecule has 27 heavy (non-hydrogen) atoms. The van der Waals surface area contributed by atoms with Crippen molar-refractivity contribution in [3.05, 3.63) is 66.1 Å². The van der Waals surface area contributed by atoms with E-state index in [0.717, 1.165) is 43.6 Å². The molecule has 0 N–H and O–H groups in total. The van der Waals surface area contributed by atoms with Crippen LogP contribution in [0, 0.1) is 0 Å². The summed E-state index contributed by atoms with van der Waals surface area (Å²) in [5.74, 6) is 0.495. The zero-order valence-electron chi connectivity index (χ0n) is 14.8. The van der Waals surface area contributed by atoms with Gasteiger partial charge in [0.05, 0.1) is 12.4 Å². The Labute approximate surface area is 163 Å². The quantitative estimate of drug-likeness (QED) is 0.672. The number of rotatable bonds is 5. The molecular weight excluding hydrogens is 362 g/mol. The van der Waals surface area contributed by atoms with Crippen molar-refractivity contribution in [1.82, 2.24) is 24.8 Å². The molecule has 1 saturated heterocycles. The molecule has 0 unspecified atom stereocenters. The van der Waals surface area contributed by atoms with Gasteiger partial charge in [0.2, 0.25) is 5.88 Å². The maximum Gasteiger partial charge on any atom is 0.234 e. The molecule has 1 fully saturated rings. The molecular formula is C20H20ClN5O. The van der Waals surface area contributed by atoms with Gasteiger partial charge < -0.3 is 4.74 Å². The maximum absolute atomic E-state index is 5.91. The van der Waals surface area contributed by atoms with Crippen LogP contribution in [0.3, 0.4) is 0 Å². The molecule has 4 rings (SSSR count). The number of hydrogen-bond donors (Lipinski definition) is 0. The Morgan fingerprint density at radius 2 is 1.81 bits per heavy atom. The molecule has 0 saturated carbocycles. The molecule has 0 aromatic carbocycles. The number of likely N-dealkylation sites (tertiary alicyclic amines) is 1. The summed E-state index contributed by atoms with van der Waals surface area (Å²) in [6.07, 6.45) is 12.6. The maximum atomic E-state index is 5.91. The fourth-order valence-electron chi connectivity index (χ4n) is 3.26. The molecule has 0 amide bonds. The zero-order chi connectivity index (χ0) is 18.5. The van der Waals surface area contributed by atoms with Crippen molar-refractivity contribution in [3.63, 3.8) is 0 Å². The van der Waals surface area contributed by atoms with Crippen LogP contribution in [0.5, 0.6) is 5.88 Å². The molecule has 3 aromatic rings. The van der Waals surface area contributed by atoms with E-state index >= 15 is 0 Å². The second kappa shape index (κ2) is 8.41. The van der Waals surface area contributed by atoms with Crippen LogP contribution >= 0.6 is 11.6 Å². The Morgan fingerprint density at radius 3 is 2.59 bits per heavy atom. The van der Waals surface area contributed by atoms with E-state index in [1.807, 2.05) is 24.7 Å². The highest BCUT2D eigenvalue weighted by Gasteiger charge is 2.21. The van der Waals surface area contributed by atoms with Crippen LogP contribution in [0.25, 0.3) is 11.1 Å². The molecule has 0 aliphatic carbocycles. The SMILES string of the molecule is Clc1cncc(OC2CCN(Cc3cncc(-c4cccnc4)c3)CC2)n1. The van der Waals surface area contributed by atoms with E-state index in [0.29, 0.717) is 11.0 Å². The molecule has 0 bridgehead atoms. The Morgan fingerprint density at radius 1 is 1.00 bits per heavy atom. The van der Waals surface area contributed by atoms with Crippen LogP contribution in [0.1, 0.15) is 18.4 Å². The van der Waals surface area contributed by atoms with Crippen LogP contribution in [-0.4, -0.2) is 44.0 Å². The predicted octanol–water partition coefficient (Wildman–Crippen LogP) is 3.63. The molecule has 1 aliphatic heterocycles. The van der Waals surface area contributed by atoms with Gasteiger partial charge in [-0.2, -0.15) is 4.98 Å². The average Bonchev–Trinajstić information content (AvgIpc) is 2.70. The number of ether oxygens (including phenoxy) is 1. The van der Waals surface area contributed by atoms with E-state index in [2.05, 4.69) is 37.0 Å². The van der Waals surface area contributed by atoms with Crippen LogP contribution in [0.2, 0.25) is 5.15 Å². The normalized spacial score (nSPS) is 15.6. The second-order valence-electron chi connectivity index (χ2n) is 6.60. The summed E-state index contributed by atoms with van der Waals surface area (Å²) in [5, 5.41) is 0.353. The lowest BCUT2D eigenvalue weighted by molar-refractivity contribution is 0.0928. The first-order valence-corrected chi connectivity index (χ1v) is 9.35. The van der Waals surface area contributed by atoms with Crippen molar-refractivity contribution in [3.8, 4) is 17.0 Å². The Balaban J connectivity index is 1.33. The molecule has 7 heteroatoms. The summed E-state index contributed by atoms with van der Waals surface area (Å²) in [7, 11) is 0. The minimum Gasteiger partial charge on any atom is -0.473 e. The Kier molecular flexibility index (Phi) is 5.55. The van der Waals surface area contributed by atoms with E-state index < -0.39 is 0 Å². The summed E-state index contributed by atoms with van der Waals surface area (Å²) in [4.78, 5) is 19.2. The summed E-state index contributed by atoms with van der Waals surface area (Å²) in [6, 6.07) is 6.18. The van der Waals surface area contributed by atoms with Gasteiger partial charge in [0, 0.05) is 55.5 Å². The fourth-order valence-corrected chi connectivity index (χ4v) is 3.40. The highest BCUT2D eigenvalue weighted by atomic mass is 35.5. The van der Waals surface area contributed by atoms with E-state index in [1.54, 1.807) is 12.4 Å². The molecule has 4 heterocycles. The van der Waals surface area contributed by atoms with Crippen LogP contribution in [-0.2, 0) is 6.54 Å². The number of halogens is 1. The minimum absolute atomic E-state index is 0.147. The number of hydrogen-bond acceptors (Lipinski definition) is 6. The van der Waals surface area contributed by atoms with Gasteiger partial charge in [-0.05, 0) is 30.5 Å². The summed E-state index contributed by atoms with van der Waals surface area (Å²) < 4.78 is 5.91. The number of piperidine rings is 1. The van der Waals surface area contributed by atoms with Crippen molar-refractivity contribution in [2.45, 2.75) is 25.5 Å². The van der Waals surface area contributed by atoms with Gasteiger partial charge in [-0.25, -0.2) is 0 Å². The third kappa shape index (κ3) is 4.78. The van der Waals surface area contributed by atoms with Crippen molar-refractivity contribution in [2.75, 3.05) is 13.1 Å². The number of aromatic nitrogens is 4. The van der Waals surface area contributed by atoms with Crippen molar-refractivity contribution < 1.29 is 4.74 Å². The molecule has 0 spiro atoms. The molecule has 3 aromatic heterocycles. The second-order valence-corrected chi connectivity index (χ2v) is 6.98. The summed E-state index contributed by atoms with van der Waals surface area (Å²) in [5.41, 5.74) is 3.39. The van der Waals surface area contributed by atoms with E-state index in [1.165, 1.54) is 11.8 Å². The zero-order valence-corrected chi connectivity index (χ0v) is 15.6. The lowest BCUT2D eigenvalue weighted by atomic mass is 10.1. The minimum atomic E-state index is 0.147. The number of nitrogens with zero attached hydrogens (tertiary/aromatic N) is 5. The van der Waals surface area contributed by atoms with Gasteiger partial charge in [-0.1, -0.05) is 17.7 Å². The largest absolute Gasteiger partial charge is 0.473 e. The monoisotopic (exact) mass is 381 g/mol. The van der Waals surface area contributed by atoms with Crippen LogP contribution < -0.4 is 4.74 Å². The van der Waals surface area contributed by atoms with Gasteiger partial charge in [0.15, 0.2) is 5.15 Å². The lowest BCUT2D eigenvalue weighted by Gasteiger charge is -2.31. The van der Waals surface area contributed by atoms with E-state index in [-0.39, 0.29) is 6.10 Å². The topological polar surface area (TPSA) is 64.0 Å². The molecule has 6 nitrogen and oxygen atoms in total. The highest BCUT2D eigenvalue weighted by Crippen LogP contribution is 2.21. The first-order valence-electron chi connectivity index (χ1n) is 8.97. The fraction of sp³-hybridized carbons (Fsp3) is 0.300. The lowest BCUT2D eigenvalue weighted by Crippen LogP contribution is -2.37. The third-order valence-corrected chi connectivity index (χ3v) is 4.78. The first kappa shape index (κ1) is 17.8. The predicted molar refractivity (Wildman–Crippen MR) is 103 cm³/mol. The van der Waals surface area contributed by atoms with Gasteiger partial charge in [-0.3, -0.25) is 19.9 Å². The van der Waals surface area contributed by atoms with Crippen molar-refractivity contribution in [1.29, 1.82) is 0 Å². The highest BCUT2D eigenvalue weighted by molar-refractivity contribution is 6.29. The molecule has 138 valence electrons.